The predicted molar refractivity (Wildman–Crippen MR) is 162 cm³/mol. The van der Waals surface area contributed by atoms with Crippen molar-refractivity contribution >= 4 is 29.1 Å². The molecule has 0 fully saturated rings. The van der Waals surface area contributed by atoms with E-state index in [1.54, 1.807) is 90.6 Å². The van der Waals surface area contributed by atoms with Crippen molar-refractivity contribution in [3.8, 4) is 29.4 Å². The molecule has 2 amide bonds. The highest BCUT2D eigenvalue weighted by molar-refractivity contribution is 6.11. The average molecular weight is 555 g/mol. The van der Waals surface area contributed by atoms with Crippen LogP contribution >= 0.6 is 0 Å². The second-order valence-electron chi connectivity index (χ2n) is 9.32. The monoisotopic (exact) mass is 554 g/mol. The molecule has 0 saturated heterocycles. The summed E-state index contributed by atoms with van der Waals surface area (Å²) in [7, 11) is 1.73. The number of hydrogen-bond acceptors (Lipinski definition) is 5. The van der Waals surface area contributed by atoms with Crippen LogP contribution in [0.1, 0.15) is 36.6 Å². The molecule has 0 spiro atoms. The first-order valence-electron chi connectivity index (χ1n) is 13.0. The quantitative estimate of drug-likeness (QED) is 0.176. The molecule has 0 aliphatic carbocycles. The Bertz CT molecular complexity index is 1780. The smallest absolute Gasteiger partial charge is 0.256 e. The Morgan fingerprint density at radius 1 is 0.762 bits per heavy atom. The van der Waals surface area contributed by atoms with Crippen LogP contribution < -0.4 is 15.4 Å². The first-order valence-corrected chi connectivity index (χ1v) is 13.0. The fourth-order valence-electron chi connectivity index (χ4n) is 4.23. The van der Waals surface area contributed by atoms with E-state index >= 15 is 0 Å². The highest BCUT2D eigenvalue weighted by atomic mass is 16.5. The van der Waals surface area contributed by atoms with Crippen LogP contribution in [0.15, 0.2) is 109 Å². The SMILES string of the molecule is C#CCOc1ccc(C(=O)c2cccc(C(=O)Nc3cc(-c4ccc(NC(=O)c5ccccc5)cc4)nn3C)c2)cc1. The number of benzene rings is 4. The largest absolute Gasteiger partial charge is 0.481 e. The van der Waals surface area contributed by atoms with Crippen LogP contribution in [-0.2, 0) is 7.05 Å². The normalized spacial score (nSPS) is 10.4. The van der Waals surface area contributed by atoms with Gasteiger partial charge in [-0.15, -0.1) is 6.42 Å². The maximum atomic E-state index is 13.1. The Labute approximate surface area is 243 Å². The molecule has 8 nitrogen and oxygen atoms in total. The summed E-state index contributed by atoms with van der Waals surface area (Å²) in [5, 5.41) is 10.3. The van der Waals surface area contributed by atoms with Gasteiger partial charge in [0.05, 0.1) is 5.69 Å². The zero-order chi connectivity index (χ0) is 29.5. The van der Waals surface area contributed by atoms with E-state index in [1.165, 1.54) is 0 Å². The van der Waals surface area contributed by atoms with Gasteiger partial charge < -0.3 is 15.4 Å². The number of hydrogen-bond donors (Lipinski definition) is 2. The number of nitrogens with one attached hydrogen (secondary N) is 2. The number of carbonyl (C=O) groups is 3. The van der Waals surface area contributed by atoms with E-state index in [0.29, 0.717) is 45.2 Å². The Morgan fingerprint density at radius 2 is 1.43 bits per heavy atom. The molecule has 5 aromatic rings. The second-order valence-corrected chi connectivity index (χ2v) is 9.32. The lowest BCUT2D eigenvalue weighted by molar-refractivity contribution is 0.101. The van der Waals surface area contributed by atoms with E-state index in [0.717, 1.165) is 5.56 Å². The molecule has 8 heteroatoms. The third kappa shape index (κ3) is 6.43. The lowest BCUT2D eigenvalue weighted by Gasteiger charge is -2.08. The third-order valence-electron chi connectivity index (χ3n) is 6.42. The van der Waals surface area contributed by atoms with Gasteiger partial charge in [-0.05, 0) is 60.7 Å². The lowest BCUT2D eigenvalue weighted by Crippen LogP contribution is -2.15. The first kappa shape index (κ1) is 27.6. The number of aromatic nitrogens is 2. The number of aryl methyl sites for hydroxylation is 1. The van der Waals surface area contributed by atoms with Crippen molar-refractivity contribution in [2.45, 2.75) is 0 Å². The highest BCUT2D eigenvalue weighted by Gasteiger charge is 2.15. The molecule has 0 saturated carbocycles. The third-order valence-corrected chi connectivity index (χ3v) is 6.42. The highest BCUT2D eigenvalue weighted by Crippen LogP contribution is 2.24. The van der Waals surface area contributed by atoms with Gasteiger partial charge in [0.15, 0.2) is 5.78 Å². The van der Waals surface area contributed by atoms with Crippen LogP contribution in [0.5, 0.6) is 5.75 Å². The molecule has 0 radical (unpaired) electrons. The molecule has 42 heavy (non-hydrogen) atoms. The molecular formula is C34H26N4O4. The van der Waals surface area contributed by atoms with E-state index in [9.17, 15) is 14.4 Å². The first-order chi connectivity index (χ1) is 20.4. The molecule has 0 aliphatic rings. The summed E-state index contributed by atoms with van der Waals surface area (Å²) in [4.78, 5) is 38.5. The zero-order valence-corrected chi connectivity index (χ0v) is 22.7. The Balaban J connectivity index is 1.25. The van der Waals surface area contributed by atoms with Crippen LogP contribution in [0.3, 0.4) is 0 Å². The maximum Gasteiger partial charge on any atom is 0.256 e. The number of amides is 2. The van der Waals surface area contributed by atoms with Gasteiger partial charge >= 0.3 is 0 Å². The van der Waals surface area contributed by atoms with Crippen molar-refractivity contribution in [2.24, 2.45) is 7.05 Å². The Hall–Kier alpha value is -5.94. The molecule has 4 aromatic carbocycles. The number of terminal acetylenes is 1. The van der Waals surface area contributed by atoms with Gasteiger partial charge in [-0.1, -0.05) is 48.4 Å². The summed E-state index contributed by atoms with van der Waals surface area (Å²) >= 11 is 0. The van der Waals surface area contributed by atoms with Crippen molar-refractivity contribution in [3.63, 3.8) is 0 Å². The predicted octanol–water partition coefficient (Wildman–Crippen LogP) is 5.83. The van der Waals surface area contributed by atoms with Gasteiger partial charge in [0.25, 0.3) is 11.8 Å². The second kappa shape index (κ2) is 12.5. The topological polar surface area (TPSA) is 102 Å². The van der Waals surface area contributed by atoms with Gasteiger partial charge in [0.1, 0.15) is 18.2 Å². The van der Waals surface area contributed by atoms with Crippen molar-refractivity contribution in [1.82, 2.24) is 9.78 Å². The standard InChI is InChI=1S/C34H26N4O4/c1-3-20-42-29-18-14-24(15-19-29)32(39)26-10-7-11-27(21-26)34(41)36-31-22-30(37-38(31)2)23-12-16-28(17-13-23)35-33(40)25-8-5-4-6-9-25/h1,4-19,21-22H,20H2,2H3,(H,35,40)(H,36,41). The number of ether oxygens (including phenoxy) is 1. The molecule has 5 rings (SSSR count). The zero-order valence-electron chi connectivity index (χ0n) is 22.7. The molecule has 1 aromatic heterocycles. The summed E-state index contributed by atoms with van der Waals surface area (Å²) in [6.45, 7) is 0.143. The number of anilines is 2. The van der Waals surface area contributed by atoms with E-state index in [2.05, 4.69) is 21.7 Å². The molecule has 2 N–H and O–H groups in total. The average Bonchev–Trinajstić information content (AvgIpc) is 3.40. The molecule has 0 unspecified atom stereocenters. The minimum Gasteiger partial charge on any atom is -0.481 e. The van der Waals surface area contributed by atoms with E-state index in [4.69, 9.17) is 11.2 Å². The fourth-order valence-corrected chi connectivity index (χ4v) is 4.23. The summed E-state index contributed by atoms with van der Waals surface area (Å²) in [6.07, 6.45) is 5.21. The van der Waals surface area contributed by atoms with Crippen molar-refractivity contribution in [2.75, 3.05) is 17.2 Å². The maximum absolute atomic E-state index is 13.1. The fraction of sp³-hybridized carbons (Fsp3) is 0.0588. The number of carbonyl (C=O) groups excluding carboxylic acids is 3. The summed E-state index contributed by atoms with van der Waals surface area (Å²) in [6, 6.07) is 31.2. The van der Waals surface area contributed by atoms with Gasteiger partial charge in [0, 0.05) is 46.6 Å². The minimum atomic E-state index is -0.379. The van der Waals surface area contributed by atoms with Crippen LogP contribution in [0, 0.1) is 12.3 Å². The summed E-state index contributed by atoms with van der Waals surface area (Å²) in [5.74, 6) is 2.65. The van der Waals surface area contributed by atoms with Crippen molar-refractivity contribution in [1.29, 1.82) is 0 Å². The van der Waals surface area contributed by atoms with Crippen LogP contribution in [0.25, 0.3) is 11.3 Å². The molecule has 0 aliphatic heterocycles. The molecular weight excluding hydrogens is 528 g/mol. The Kier molecular flexibility index (Phi) is 8.22. The van der Waals surface area contributed by atoms with Gasteiger partial charge in [-0.3, -0.25) is 19.1 Å². The number of rotatable bonds is 9. The lowest BCUT2D eigenvalue weighted by atomic mass is 10.0. The number of ketones is 1. The molecule has 206 valence electrons. The van der Waals surface area contributed by atoms with Crippen molar-refractivity contribution in [3.05, 3.63) is 131 Å². The minimum absolute atomic E-state index is 0.143. The number of nitrogens with zero attached hydrogens (tertiary/aromatic N) is 2. The van der Waals surface area contributed by atoms with Crippen LogP contribution in [0.2, 0.25) is 0 Å². The molecule has 0 atom stereocenters. The van der Waals surface area contributed by atoms with Crippen LogP contribution in [-0.4, -0.2) is 34.0 Å². The van der Waals surface area contributed by atoms with Crippen LogP contribution in [0.4, 0.5) is 11.5 Å². The van der Waals surface area contributed by atoms with E-state index in [1.807, 2.05) is 30.3 Å². The van der Waals surface area contributed by atoms with Gasteiger partial charge in [-0.2, -0.15) is 5.10 Å². The molecule has 1 heterocycles. The van der Waals surface area contributed by atoms with E-state index in [-0.39, 0.29) is 24.2 Å². The van der Waals surface area contributed by atoms with E-state index < -0.39 is 0 Å². The summed E-state index contributed by atoms with van der Waals surface area (Å²) in [5.41, 5.74) is 3.85. The van der Waals surface area contributed by atoms with Crippen molar-refractivity contribution < 1.29 is 19.1 Å². The van der Waals surface area contributed by atoms with Gasteiger partial charge in [0.2, 0.25) is 0 Å². The molecule has 0 bridgehead atoms. The summed E-state index contributed by atoms with van der Waals surface area (Å²) < 4.78 is 6.92. The van der Waals surface area contributed by atoms with Gasteiger partial charge in [-0.25, -0.2) is 0 Å². The Morgan fingerprint density at radius 3 is 2.14 bits per heavy atom.